The zero-order chi connectivity index (χ0) is 15.9. The first-order chi connectivity index (χ1) is 10.6. The number of benzene rings is 1. The molecule has 0 saturated heterocycles. The van der Waals surface area contributed by atoms with Crippen molar-refractivity contribution in [1.29, 1.82) is 0 Å². The van der Waals surface area contributed by atoms with Crippen molar-refractivity contribution in [2.24, 2.45) is 0 Å². The first-order valence-electron chi connectivity index (χ1n) is 7.10. The number of carbonyl (C=O) groups excluding carboxylic acids is 1. The van der Waals surface area contributed by atoms with Crippen LogP contribution >= 0.6 is 0 Å². The second-order valence-corrected chi connectivity index (χ2v) is 4.84. The second-order valence-electron chi connectivity index (χ2n) is 4.84. The highest BCUT2D eigenvalue weighted by Gasteiger charge is 2.09. The maximum absolute atomic E-state index is 12.0. The van der Waals surface area contributed by atoms with Gasteiger partial charge in [0.05, 0.1) is 5.56 Å². The molecule has 0 unspecified atom stereocenters. The van der Waals surface area contributed by atoms with Crippen molar-refractivity contribution in [1.82, 2.24) is 15.0 Å². The van der Waals surface area contributed by atoms with E-state index in [1.165, 1.54) is 5.56 Å². The van der Waals surface area contributed by atoms with Gasteiger partial charge in [-0.1, -0.05) is 25.5 Å². The molecule has 0 spiro atoms. The fourth-order valence-electron chi connectivity index (χ4n) is 1.92. The fourth-order valence-corrected chi connectivity index (χ4v) is 1.92. The number of ether oxygens (including phenoxy) is 1. The maximum atomic E-state index is 12.0. The molecule has 0 amide bonds. The van der Waals surface area contributed by atoms with Crippen LogP contribution in [0.2, 0.25) is 0 Å². The third kappa shape index (κ3) is 4.41. The van der Waals surface area contributed by atoms with Crippen molar-refractivity contribution in [2.45, 2.75) is 32.8 Å². The van der Waals surface area contributed by atoms with Crippen molar-refractivity contribution >= 4 is 17.9 Å². The molecule has 116 valence electrons. The minimum atomic E-state index is -0.445. The molecule has 0 radical (unpaired) electrons. The van der Waals surface area contributed by atoms with Gasteiger partial charge in [-0.3, -0.25) is 0 Å². The molecule has 0 aliphatic rings. The Morgan fingerprint density at radius 1 is 1.09 bits per heavy atom. The SMILES string of the molecule is CCCCc1ccc(C(=O)OCc2nc(N)nc(N)n2)cc1. The fraction of sp³-hybridized carbons (Fsp3) is 0.333. The largest absolute Gasteiger partial charge is 0.454 e. The van der Waals surface area contributed by atoms with Crippen molar-refractivity contribution in [3.63, 3.8) is 0 Å². The van der Waals surface area contributed by atoms with Gasteiger partial charge in [-0.2, -0.15) is 15.0 Å². The summed E-state index contributed by atoms with van der Waals surface area (Å²) in [4.78, 5) is 23.3. The molecule has 1 heterocycles. The molecule has 0 fully saturated rings. The average molecular weight is 301 g/mol. The van der Waals surface area contributed by atoms with E-state index in [1.54, 1.807) is 12.1 Å². The van der Waals surface area contributed by atoms with E-state index < -0.39 is 5.97 Å². The van der Waals surface area contributed by atoms with Gasteiger partial charge in [0, 0.05) is 0 Å². The van der Waals surface area contributed by atoms with Crippen molar-refractivity contribution < 1.29 is 9.53 Å². The van der Waals surface area contributed by atoms with Crippen molar-refractivity contribution in [2.75, 3.05) is 11.5 Å². The van der Waals surface area contributed by atoms with Gasteiger partial charge in [0.15, 0.2) is 12.4 Å². The number of rotatable bonds is 6. The van der Waals surface area contributed by atoms with Gasteiger partial charge < -0.3 is 16.2 Å². The van der Waals surface area contributed by atoms with Crippen LogP contribution in [-0.4, -0.2) is 20.9 Å². The zero-order valence-corrected chi connectivity index (χ0v) is 12.5. The molecule has 7 nitrogen and oxygen atoms in total. The van der Waals surface area contributed by atoms with Crippen LogP contribution in [-0.2, 0) is 17.8 Å². The summed E-state index contributed by atoms with van der Waals surface area (Å²) in [5, 5.41) is 0. The van der Waals surface area contributed by atoms with Gasteiger partial charge in [-0.05, 0) is 30.5 Å². The summed E-state index contributed by atoms with van der Waals surface area (Å²) >= 11 is 0. The summed E-state index contributed by atoms with van der Waals surface area (Å²) in [6.45, 7) is 2.04. The number of aryl methyl sites for hydroxylation is 1. The predicted octanol–water partition coefficient (Wildman–Crippen LogP) is 1.74. The number of aromatic nitrogens is 3. The summed E-state index contributed by atoms with van der Waals surface area (Å²) in [5.74, 6) is -0.227. The summed E-state index contributed by atoms with van der Waals surface area (Å²) in [6.07, 6.45) is 3.28. The van der Waals surface area contributed by atoms with E-state index in [1.807, 2.05) is 12.1 Å². The van der Waals surface area contributed by atoms with Crippen LogP contribution in [0.5, 0.6) is 0 Å². The summed E-state index contributed by atoms with van der Waals surface area (Å²) < 4.78 is 5.14. The molecule has 0 aliphatic carbocycles. The highest BCUT2D eigenvalue weighted by atomic mass is 16.5. The molecule has 0 bridgehead atoms. The number of carbonyl (C=O) groups is 1. The molecular formula is C15H19N5O2. The smallest absolute Gasteiger partial charge is 0.338 e. The summed E-state index contributed by atoms with van der Waals surface area (Å²) in [5.41, 5.74) is 12.6. The molecule has 7 heteroatoms. The van der Waals surface area contributed by atoms with Crippen LogP contribution in [0.15, 0.2) is 24.3 Å². The predicted molar refractivity (Wildman–Crippen MR) is 82.8 cm³/mol. The lowest BCUT2D eigenvalue weighted by Crippen LogP contribution is -2.11. The molecule has 2 aromatic rings. The van der Waals surface area contributed by atoms with Gasteiger partial charge >= 0.3 is 5.97 Å². The van der Waals surface area contributed by atoms with Gasteiger partial charge in [-0.15, -0.1) is 0 Å². The zero-order valence-electron chi connectivity index (χ0n) is 12.5. The highest BCUT2D eigenvalue weighted by Crippen LogP contribution is 2.10. The van der Waals surface area contributed by atoms with E-state index in [9.17, 15) is 4.79 Å². The lowest BCUT2D eigenvalue weighted by Gasteiger charge is -2.06. The van der Waals surface area contributed by atoms with E-state index in [4.69, 9.17) is 16.2 Å². The number of nitrogen functional groups attached to an aromatic ring is 2. The van der Waals surface area contributed by atoms with Gasteiger partial charge in [-0.25, -0.2) is 4.79 Å². The Bertz CT molecular complexity index is 623. The minimum Gasteiger partial charge on any atom is -0.454 e. The average Bonchev–Trinajstić information content (AvgIpc) is 2.50. The Hall–Kier alpha value is -2.70. The van der Waals surface area contributed by atoms with Crippen molar-refractivity contribution in [3.05, 3.63) is 41.2 Å². The Morgan fingerprint density at radius 2 is 1.73 bits per heavy atom. The summed E-state index contributed by atoms with van der Waals surface area (Å²) in [6, 6.07) is 7.38. The van der Waals surface area contributed by atoms with E-state index in [0.717, 1.165) is 19.3 Å². The van der Waals surface area contributed by atoms with E-state index in [2.05, 4.69) is 21.9 Å². The molecule has 22 heavy (non-hydrogen) atoms. The lowest BCUT2D eigenvalue weighted by molar-refractivity contribution is 0.0462. The normalized spacial score (nSPS) is 10.4. The van der Waals surface area contributed by atoms with Crippen LogP contribution in [0.25, 0.3) is 0 Å². The monoisotopic (exact) mass is 301 g/mol. The van der Waals surface area contributed by atoms with Crippen LogP contribution in [0, 0.1) is 0 Å². The maximum Gasteiger partial charge on any atom is 0.338 e. The van der Waals surface area contributed by atoms with Crippen LogP contribution in [0.1, 0.15) is 41.5 Å². The first-order valence-corrected chi connectivity index (χ1v) is 7.10. The van der Waals surface area contributed by atoms with E-state index in [-0.39, 0.29) is 24.3 Å². The lowest BCUT2D eigenvalue weighted by atomic mass is 10.1. The third-order valence-corrected chi connectivity index (χ3v) is 3.06. The highest BCUT2D eigenvalue weighted by molar-refractivity contribution is 5.89. The van der Waals surface area contributed by atoms with Gasteiger partial charge in [0.25, 0.3) is 0 Å². The molecule has 4 N–H and O–H groups in total. The topological polar surface area (TPSA) is 117 Å². The van der Waals surface area contributed by atoms with Crippen LogP contribution in [0.4, 0.5) is 11.9 Å². The number of hydrogen-bond acceptors (Lipinski definition) is 7. The van der Waals surface area contributed by atoms with E-state index in [0.29, 0.717) is 5.56 Å². The standard InChI is InChI=1S/C15H19N5O2/c1-2-3-4-10-5-7-11(8-6-10)13(21)22-9-12-18-14(16)20-15(17)19-12/h5-8H,2-4,9H2,1H3,(H4,16,17,18,19,20). The molecule has 2 rings (SSSR count). The van der Waals surface area contributed by atoms with Crippen LogP contribution in [0.3, 0.4) is 0 Å². The molecule has 0 aliphatic heterocycles. The second kappa shape index (κ2) is 7.35. The Labute approximate surface area is 128 Å². The summed E-state index contributed by atoms with van der Waals surface area (Å²) in [7, 11) is 0. The number of unbranched alkanes of at least 4 members (excludes halogenated alkanes) is 1. The molecule has 1 aromatic heterocycles. The molecular weight excluding hydrogens is 282 g/mol. The molecule has 0 saturated carbocycles. The Kier molecular flexibility index (Phi) is 5.24. The Balaban J connectivity index is 1.94. The molecule has 0 atom stereocenters. The number of nitrogens with two attached hydrogens (primary N) is 2. The number of nitrogens with zero attached hydrogens (tertiary/aromatic N) is 3. The molecule has 1 aromatic carbocycles. The minimum absolute atomic E-state index is 0.00109. The third-order valence-electron chi connectivity index (χ3n) is 3.06. The quantitative estimate of drug-likeness (QED) is 0.780. The van der Waals surface area contributed by atoms with E-state index >= 15 is 0 Å². The number of anilines is 2. The van der Waals surface area contributed by atoms with Gasteiger partial charge in [0.2, 0.25) is 11.9 Å². The Morgan fingerprint density at radius 3 is 2.32 bits per heavy atom. The van der Waals surface area contributed by atoms with Crippen LogP contribution < -0.4 is 11.5 Å². The van der Waals surface area contributed by atoms with Crippen molar-refractivity contribution in [3.8, 4) is 0 Å². The first kappa shape index (κ1) is 15.7. The van der Waals surface area contributed by atoms with Gasteiger partial charge in [0.1, 0.15) is 0 Å². The number of esters is 1. The number of hydrogen-bond donors (Lipinski definition) is 2.